The Balaban J connectivity index is 4.19. The minimum absolute atomic E-state index is 0.0633. The Morgan fingerprint density at radius 3 is 0.755 bits per heavy atom. The monoisotopic (exact) mass is 751 g/mol. The Morgan fingerprint density at radius 1 is 0.302 bits per heavy atom. The van der Waals surface area contributed by atoms with Crippen molar-refractivity contribution < 1.29 is 28.6 Å². The van der Waals surface area contributed by atoms with Crippen molar-refractivity contribution in [2.75, 3.05) is 13.2 Å². The van der Waals surface area contributed by atoms with Gasteiger partial charge in [-0.25, -0.2) is 0 Å². The summed E-state index contributed by atoms with van der Waals surface area (Å²) in [4.78, 5) is 37.6. The molecule has 0 rings (SSSR count). The lowest BCUT2D eigenvalue weighted by Crippen LogP contribution is -2.30. The van der Waals surface area contributed by atoms with Crippen LogP contribution in [-0.2, 0) is 28.6 Å². The molecule has 0 heterocycles. The molecule has 0 spiro atoms. The summed E-state index contributed by atoms with van der Waals surface area (Å²) in [7, 11) is 0. The maximum absolute atomic E-state index is 12.7. The summed E-state index contributed by atoms with van der Waals surface area (Å²) < 4.78 is 16.7. The van der Waals surface area contributed by atoms with Crippen molar-refractivity contribution in [3.8, 4) is 0 Å². The predicted molar refractivity (Wildman–Crippen MR) is 224 cm³/mol. The summed E-state index contributed by atoms with van der Waals surface area (Å²) >= 11 is 0. The Bertz CT molecular complexity index is 783. The smallest absolute Gasteiger partial charge is 0.306 e. The predicted octanol–water partition coefficient (Wildman–Crippen LogP) is 14.9. The maximum atomic E-state index is 12.7. The standard InChI is InChI=1S/C47H90O6/c1-4-7-10-13-16-18-20-21-22-23-24-25-26-27-29-32-35-38-41-47(50)53-44(42-51-45(48)39-36-33-30-15-12-9-6-3)43-52-46(49)40-37-34-31-28-19-17-14-11-8-5-2/h44H,4-43H2,1-3H3/t44-/m0/s1. The van der Waals surface area contributed by atoms with E-state index in [1.54, 1.807) is 0 Å². The summed E-state index contributed by atoms with van der Waals surface area (Å²) in [6.07, 6.45) is 43.9. The fourth-order valence-electron chi connectivity index (χ4n) is 7.03. The van der Waals surface area contributed by atoms with Gasteiger partial charge in [-0.1, -0.05) is 226 Å². The molecule has 0 saturated carbocycles. The van der Waals surface area contributed by atoms with Crippen LogP contribution in [0.25, 0.3) is 0 Å². The quantitative estimate of drug-likeness (QED) is 0.0351. The van der Waals surface area contributed by atoms with Crippen LogP contribution in [0.1, 0.15) is 265 Å². The van der Waals surface area contributed by atoms with E-state index in [1.165, 1.54) is 167 Å². The van der Waals surface area contributed by atoms with E-state index in [9.17, 15) is 14.4 Å². The minimum atomic E-state index is -0.757. The van der Waals surface area contributed by atoms with Crippen LogP contribution in [0.15, 0.2) is 0 Å². The number of carbonyl (C=O) groups is 3. The van der Waals surface area contributed by atoms with E-state index >= 15 is 0 Å². The molecule has 0 aromatic rings. The van der Waals surface area contributed by atoms with Crippen molar-refractivity contribution in [3.05, 3.63) is 0 Å². The molecule has 0 amide bonds. The number of hydrogen-bond donors (Lipinski definition) is 0. The molecule has 0 aliphatic rings. The summed E-state index contributed by atoms with van der Waals surface area (Å²) in [5.74, 6) is -0.858. The number of ether oxygens (including phenoxy) is 3. The van der Waals surface area contributed by atoms with Gasteiger partial charge in [-0.3, -0.25) is 14.4 Å². The van der Waals surface area contributed by atoms with E-state index in [0.717, 1.165) is 57.8 Å². The molecule has 0 aliphatic heterocycles. The highest BCUT2D eigenvalue weighted by atomic mass is 16.6. The average molecular weight is 751 g/mol. The highest BCUT2D eigenvalue weighted by Crippen LogP contribution is 2.16. The molecule has 0 aliphatic carbocycles. The molecule has 0 saturated heterocycles. The molecule has 0 aromatic heterocycles. The first kappa shape index (κ1) is 51.4. The molecule has 0 N–H and O–H groups in total. The van der Waals surface area contributed by atoms with E-state index < -0.39 is 6.10 Å². The summed E-state index contributed by atoms with van der Waals surface area (Å²) in [6.45, 7) is 6.61. The van der Waals surface area contributed by atoms with Crippen molar-refractivity contribution in [2.45, 2.75) is 271 Å². The lowest BCUT2D eigenvalue weighted by molar-refractivity contribution is -0.167. The van der Waals surface area contributed by atoms with Crippen LogP contribution in [0.2, 0.25) is 0 Å². The van der Waals surface area contributed by atoms with Crippen LogP contribution in [0.5, 0.6) is 0 Å². The van der Waals surface area contributed by atoms with Crippen molar-refractivity contribution in [3.63, 3.8) is 0 Å². The summed E-state index contributed by atoms with van der Waals surface area (Å²) in [5.41, 5.74) is 0. The van der Waals surface area contributed by atoms with Crippen molar-refractivity contribution in [2.24, 2.45) is 0 Å². The second-order valence-corrected chi connectivity index (χ2v) is 16.0. The third-order valence-electron chi connectivity index (χ3n) is 10.6. The first-order chi connectivity index (χ1) is 26.0. The van der Waals surface area contributed by atoms with Gasteiger partial charge in [0.15, 0.2) is 6.10 Å². The van der Waals surface area contributed by atoms with Crippen LogP contribution >= 0.6 is 0 Å². The fraction of sp³-hybridized carbons (Fsp3) is 0.936. The molecule has 1 atom stereocenters. The van der Waals surface area contributed by atoms with E-state index in [4.69, 9.17) is 14.2 Å². The molecule has 314 valence electrons. The molecule has 0 bridgehead atoms. The molecule has 0 unspecified atom stereocenters. The van der Waals surface area contributed by atoms with Crippen molar-refractivity contribution in [1.82, 2.24) is 0 Å². The van der Waals surface area contributed by atoms with Gasteiger partial charge in [0.2, 0.25) is 0 Å². The summed E-state index contributed by atoms with van der Waals surface area (Å²) in [5, 5.41) is 0. The first-order valence-corrected chi connectivity index (χ1v) is 23.5. The second-order valence-electron chi connectivity index (χ2n) is 16.0. The Kier molecular flexibility index (Phi) is 41.8. The van der Waals surface area contributed by atoms with Gasteiger partial charge in [-0.2, -0.15) is 0 Å². The van der Waals surface area contributed by atoms with E-state index in [0.29, 0.717) is 19.3 Å². The number of unbranched alkanes of at least 4 members (excludes halogenated alkanes) is 32. The molecule has 6 nitrogen and oxygen atoms in total. The molecular formula is C47H90O6. The van der Waals surface area contributed by atoms with Gasteiger partial charge < -0.3 is 14.2 Å². The Labute approximate surface area is 329 Å². The molecule has 6 heteroatoms. The Morgan fingerprint density at radius 2 is 0.509 bits per heavy atom. The number of hydrogen-bond acceptors (Lipinski definition) is 6. The average Bonchev–Trinajstić information content (AvgIpc) is 3.15. The molecule has 0 aromatic carbocycles. The van der Waals surface area contributed by atoms with Crippen LogP contribution in [0, 0.1) is 0 Å². The molecule has 0 fully saturated rings. The van der Waals surface area contributed by atoms with Gasteiger partial charge in [-0.05, 0) is 19.3 Å². The molecule has 53 heavy (non-hydrogen) atoms. The molecule has 0 radical (unpaired) electrons. The van der Waals surface area contributed by atoms with Gasteiger partial charge in [0, 0.05) is 19.3 Å². The number of rotatable bonds is 43. The number of esters is 3. The zero-order valence-electron chi connectivity index (χ0n) is 35.8. The van der Waals surface area contributed by atoms with E-state index in [-0.39, 0.29) is 31.1 Å². The van der Waals surface area contributed by atoms with Crippen molar-refractivity contribution >= 4 is 17.9 Å². The zero-order valence-corrected chi connectivity index (χ0v) is 35.8. The Hall–Kier alpha value is -1.59. The largest absolute Gasteiger partial charge is 0.462 e. The molecular weight excluding hydrogens is 661 g/mol. The lowest BCUT2D eigenvalue weighted by Gasteiger charge is -2.18. The maximum Gasteiger partial charge on any atom is 0.306 e. The van der Waals surface area contributed by atoms with Crippen LogP contribution in [0.4, 0.5) is 0 Å². The zero-order chi connectivity index (χ0) is 38.7. The fourth-order valence-corrected chi connectivity index (χ4v) is 7.03. The van der Waals surface area contributed by atoms with Crippen molar-refractivity contribution in [1.29, 1.82) is 0 Å². The van der Waals surface area contributed by atoms with E-state index in [2.05, 4.69) is 20.8 Å². The van der Waals surface area contributed by atoms with Gasteiger partial charge >= 0.3 is 17.9 Å². The van der Waals surface area contributed by atoms with Crippen LogP contribution < -0.4 is 0 Å². The second kappa shape index (κ2) is 43.1. The first-order valence-electron chi connectivity index (χ1n) is 23.5. The number of carbonyl (C=O) groups excluding carboxylic acids is 3. The highest BCUT2D eigenvalue weighted by Gasteiger charge is 2.19. The highest BCUT2D eigenvalue weighted by molar-refractivity contribution is 5.71. The topological polar surface area (TPSA) is 78.9 Å². The third kappa shape index (κ3) is 41.4. The normalized spacial score (nSPS) is 11.8. The van der Waals surface area contributed by atoms with Gasteiger partial charge in [-0.15, -0.1) is 0 Å². The summed E-state index contributed by atoms with van der Waals surface area (Å²) in [6, 6.07) is 0. The minimum Gasteiger partial charge on any atom is -0.462 e. The van der Waals surface area contributed by atoms with Gasteiger partial charge in [0.05, 0.1) is 0 Å². The SMILES string of the molecule is CCCCCCCCCCCCCCCCCCCCC(=O)O[C@@H](COC(=O)CCCCCCCCC)COC(=O)CCCCCCCCCCCC. The third-order valence-corrected chi connectivity index (χ3v) is 10.6. The lowest BCUT2D eigenvalue weighted by atomic mass is 10.0. The van der Waals surface area contributed by atoms with E-state index in [1.807, 2.05) is 0 Å². The van der Waals surface area contributed by atoms with Crippen LogP contribution in [-0.4, -0.2) is 37.2 Å². The van der Waals surface area contributed by atoms with Gasteiger partial charge in [0.25, 0.3) is 0 Å². The van der Waals surface area contributed by atoms with Gasteiger partial charge in [0.1, 0.15) is 13.2 Å². The van der Waals surface area contributed by atoms with Crippen LogP contribution in [0.3, 0.4) is 0 Å².